The zero-order chi connectivity index (χ0) is 16.0. The summed E-state index contributed by atoms with van der Waals surface area (Å²) >= 11 is 0. The molecule has 0 saturated heterocycles. The number of rotatable bonds is 6. The molecule has 0 aliphatic rings. The van der Waals surface area contributed by atoms with Crippen LogP contribution in [0.2, 0.25) is 0 Å². The molecule has 1 atom stereocenters. The van der Waals surface area contributed by atoms with E-state index in [0.717, 1.165) is 5.56 Å². The third-order valence-electron chi connectivity index (χ3n) is 3.17. The van der Waals surface area contributed by atoms with Gasteiger partial charge in [0.2, 0.25) is 0 Å². The number of nitrogens with one attached hydrogen (secondary N) is 1. The average Bonchev–Trinajstić information content (AvgIpc) is 2.48. The van der Waals surface area contributed by atoms with Crippen LogP contribution in [0.25, 0.3) is 0 Å². The van der Waals surface area contributed by atoms with E-state index in [9.17, 15) is 18.7 Å². The van der Waals surface area contributed by atoms with Gasteiger partial charge in [-0.2, -0.15) is 8.78 Å². The Morgan fingerprint density at radius 2 is 1.59 bits per heavy atom. The topological polar surface area (TPSA) is 49.3 Å². The van der Waals surface area contributed by atoms with E-state index in [-0.39, 0.29) is 6.42 Å². The van der Waals surface area contributed by atoms with Crippen LogP contribution in [0.5, 0.6) is 0 Å². The van der Waals surface area contributed by atoms with Crippen LogP contribution in [0, 0.1) is 0 Å². The van der Waals surface area contributed by atoms with E-state index in [2.05, 4.69) is 5.32 Å². The minimum absolute atomic E-state index is 0.0784. The van der Waals surface area contributed by atoms with E-state index >= 15 is 0 Å². The number of anilines is 1. The van der Waals surface area contributed by atoms with Crippen molar-refractivity contribution in [1.82, 2.24) is 0 Å². The molecule has 2 rings (SSSR count). The SMILES string of the molecule is O=C(Nc1ccccc1)C(F)(F)CC(O)Cc1ccccc1. The molecule has 2 aromatic rings. The molecule has 3 nitrogen and oxygen atoms in total. The van der Waals surface area contributed by atoms with Crippen LogP contribution in [0.15, 0.2) is 60.7 Å². The summed E-state index contributed by atoms with van der Waals surface area (Å²) in [6.07, 6.45) is -2.13. The Morgan fingerprint density at radius 3 is 2.18 bits per heavy atom. The lowest BCUT2D eigenvalue weighted by molar-refractivity contribution is -0.143. The zero-order valence-corrected chi connectivity index (χ0v) is 11.9. The highest BCUT2D eigenvalue weighted by Gasteiger charge is 2.40. The van der Waals surface area contributed by atoms with E-state index < -0.39 is 24.4 Å². The van der Waals surface area contributed by atoms with Crippen molar-refractivity contribution in [3.05, 3.63) is 66.2 Å². The first-order chi connectivity index (χ1) is 10.5. The van der Waals surface area contributed by atoms with Gasteiger partial charge in [0.25, 0.3) is 5.91 Å². The van der Waals surface area contributed by atoms with Crippen LogP contribution < -0.4 is 5.32 Å². The number of alkyl halides is 2. The summed E-state index contributed by atoms with van der Waals surface area (Å²) < 4.78 is 27.8. The van der Waals surface area contributed by atoms with Crippen molar-refractivity contribution in [1.29, 1.82) is 0 Å². The molecule has 2 N–H and O–H groups in total. The molecular weight excluding hydrogens is 288 g/mol. The van der Waals surface area contributed by atoms with Gasteiger partial charge < -0.3 is 10.4 Å². The molecule has 0 aromatic heterocycles. The Kier molecular flexibility index (Phi) is 5.22. The Morgan fingerprint density at radius 1 is 1.05 bits per heavy atom. The number of hydrogen-bond donors (Lipinski definition) is 2. The molecule has 0 bridgehead atoms. The number of benzene rings is 2. The highest BCUT2D eigenvalue weighted by molar-refractivity contribution is 5.96. The van der Waals surface area contributed by atoms with Gasteiger partial charge in [-0.25, -0.2) is 0 Å². The second-order valence-corrected chi connectivity index (χ2v) is 5.07. The Balaban J connectivity index is 1.93. The molecule has 0 saturated carbocycles. The molecule has 1 amide bonds. The van der Waals surface area contributed by atoms with Crippen molar-refractivity contribution in [2.45, 2.75) is 24.9 Å². The highest BCUT2D eigenvalue weighted by atomic mass is 19.3. The van der Waals surface area contributed by atoms with Crippen molar-refractivity contribution >= 4 is 11.6 Å². The second-order valence-electron chi connectivity index (χ2n) is 5.07. The molecule has 1 unspecified atom stereocenters. The summed E-state index contributed by atoms with van der Waals surface area (Å²) in [6.45, 7) is 0. The van der Waals surface area contributed by atoms with Crippen molar-refractivity contribution in [3.63, 3.8) is 0 Å². The minimum Gasteiger partial charge on any atom is -0.393 e. The number of para-hydroxylation sites is 1. The van der Waals surface area contributed by atoms with E-state index in [1.165, 1.54) is 12.1 Å². The molecule has 2 aromatic carbocycles. The molecule has 0 aliphatic heterocycles. The summed E-state index contributed by atoms with van der Waals surface area (Å²) in [5, 5.41) is 11.9. The normalized spacial score (nSPS) is 12.7. The number of halogens is 2. The lowest BCUT2D eigenvalue weighted by Gasteiger charge is -2.19. The predicted molar refractivity (Wildman–Crippen MR) is 80.8 cm³/mol. The molecule has 5 heteroatoms. The fraction of sp³-hybridized carbons (Fsp3) is 0.235. The van der Waals surface area contributed by atoms with Gasteiger partial charge in [0.05, 0.1) is 6.10 Å². The number of aliphatic hydroxyl groups is 1. The van der Waals surface area contributed by atoms with E-state index in [4.69, 9.17) is 0 Å². The highest BCUT2D eigenvalue weighted by Crippen LogP contribution is 2.24. The molecule has 0 spiro atoms. The lowest BCUT2D eigenvalue weighted by Crippen LogP contribution is -2.38. The fourth-order valence-electron chi connectivity index (χ4n) is 2.09. The van der Waals surface area contributed by atoms with Crippen molar-refractivity contribution < 1.29 is 18.7 Å². The van der Waals surface area contributed by atoms with Crippen LogP contribution in [0.3, 0.4) is 0 Å². The zero-order valence-electron chi connectivity index (χ0n) is 11.9. The maximum Gasteiger partial charge on any atom is 0.327 e. The first kappa shape index (κ1) is 16.1. The number of aliphatic hydroxyl groups excluding tert-OH is 1. The molecule has 0 radical (unpaired) electrons. The van der Waals surface area contributed by atoms with E-state index in [1.807, 2.05) is 0 Å². The maximum atomic E-state index is 13.9. The van der Waals surface area contributed by atoms with Crippen LogP contribution in [-0.2, 0) is 11.2 Å². The smallest absolute Gasteiger partial charge is 0.327 e. The Bertz CT molecular complexity index is 603. The van der Waals surface area contributed by atoms with Gasteiger partial charge in [-0.05, 0) is 24.1 Å². The third-order valence-corrected chi connectivity index (χ3v) is 3.17. The van der Waals surface area contributed by atoms with Gasteiger partial charge in [-0.1, -0.05) is 48.5 Å². The summed E-state index contributed by atoms with van der Waals surface area (Å²) in [6, 6.07) is 16.9. The Labute approximate surface area is 127 Å². The van der Waals surface area contributed by atoms with Gasteiger partial charge >= 0.3 is 5.92 Å². The number of amides is 1. The average molecular weight is 305 g/mol. The predicted octanol–water partition coefficient (Wildman–Crippen LogP) is 3.25. The van der Waals surface area contributed by atoms with Crippen LogP contribution in [0.1, 0.15) is 12.0 Å². The van der Waals surface area contributed by atoms with Gasteiger partial charge in [-0.15, -0.1) is 0 Å². The first-order valence-electron chi connectivity index (χ1n) is 6.94. The van der Waals surface area contributed by atoms with Gasteiger partial charge in [0.15, 0.2) is 0 Å². The fourth-order valence-corrected chi connectivity index (χ4v) is 2.09. The lowest BCUT2D eigenvalue weighted by atomic mass is 10.0. The Hall–Kier alpha value is -2.27. The molecule has 116 valence electrons. The van der Waals surface area contributed by atoms with Crippen molar-refractivity contribution in [3.8, 4) is 0 Å². The quantitative estimate of drug-likeness (QED) is 0.860. The van der Waals surface area contributed by atoms with Gasteiger partial charge in [0, 0.05) is 12.1 Å². The van der Waals surface area contributed by atoms with Crippen molar-refractivity contribution in [2.75, 3.05) is 5.32 Å². The van der Waals surface area contributed by atoms with E-state index in [0.29, 0.717) is 5.69 Å². The van der Waals surface area contributed by atoms with Crippen LogP contribution >= 0.6 is 0 Å². The minimum atomic E-state index is -3.63. The monoisotopic (exact) mass is 305 g/mol. The molecular formula is C17H17F2NO2. The van der Waals surface area contributed by atoms with Crippen molar-refractivity contribution in [2.24, 2.45) is 0 Å². The van der Waals surface area contributed by atoms with Gasteiger partial charge in [-0.3, -0.25) is 4.79 Å². The molecule has 22 heavy (non-hydrogen) atoms. The molecule has 0 fully saturated rings. The largest absolute Gasteiger partial charge is 0.393 e. The maximum absolute atomic E-state index is 13.9. The summed E-state index contributed by atoms with van der Waals surface area (Å²) in [5.74, 6) is -5.05. The van der Waals surface area contributed by atoms with Crippen LogP contribution in [0.4, 0.5) is 14.5 Å². The summed E-state index contributed by atoms with van der Waals surface area (Å²) in [5.41, 5.74) is 1.04. The third kappa shape index (κ3) is 4.63. The summed E-state index contributed by atoms with van der Waals surface area (Å²) in [7, 11) is 0. The van der Waals surface area contributed by atoms with E-state index in [1.54, 1.807) is 48.5 Å². The standard InChI is InChI=1S/C17H17F2NO2/c18-17(19,16(22)20-14-9-5-2-6-10-14)12-15(21)11-13-7-3-1-4-8-13/h1-10,15,21H,11-12H2,(H,20,22). The summed E-state index contributed by atoms with van der Waals surface area (Å²) in [4.78, 5) is 11.6. The number of carbonyl (C=O) groups excluding carboxylic acids is 1. The number of hydrogen-bond acceptors (Lipinski definition) is 2. The van der Waals surface area contributed by atoms with Crippen LogP contribution in [-0.4, -0.2) is 23.0 Å². The van der Waals surface area contributed by atoms with Gasteiger partial charge in [0.1, 0.15) is 0 Å². The second kappa shape index (κ2) is 7.13. The molecule has 0 aliphatic carbocycles. The first-order valence-corrected chi connectivity index (χ1v) is 6.94. The molecule has 0 heterocycles. The number of carbonyl (C=O) groups is 1.